The molecule has 4 rings (SSSR count). The molecule has 1 atom stereocenters. The van der Waals surface area contributed by atoms with Crippen molar-refractivity contribution in [2.24, 2.45) is 5.73 Å². The lowest BCUT2D eigenvalue weighted by molar-refractivity contribution is -0.131. The quantitative estimate of drug-likeness (QED) is 0.636. The number of carbonyl (C=O) groups is 2. The molecule has 1 aliphatic carbocycles. The van der Waals surface area contributed by atoms with Gasteiger partial charge in [-0.15, -0.1) is 0 Å². The van der Waals surface area contributed by atoms with Crippen LogP contribution in [0.5, 0.6) is 5.75 Å². The van der Waals surface area contributed by atoms with Gasteiger partial charge in [0, 0.05) is 23.0 Å². The first-order chi connectivity index (χ1) is 13.5. The molecule has 0 saturated carbocycles. The standard InChI is InChI=1S/C22H23N3O3/c1-28-15-8-6-14(7-9-15)12-20(26)25-22(21(23)27)11-10-19-17(13-22)16-4-2-3-5-18(16)24-19/h2-9,24H,10-13H2,1H3,(H2,23,27)(H,25,26). The Morgan fingerprint density at radius 3 is 2.64 bits per heavy atom. The van der Waals surface area contributed by atoms with E-state index in [2.05, 4.69) is 10.3 Å². The minimum atomic E-state index is -1.07. The van der Waals surface area contributed by atoms with E-state index in [0.717, 1.165) is 33.5 Å². The van der Waals surface area contributed by atoms with Gasteiger partial charge in [-0.1, -0.05) is 30.3 Å². The molecule has 0 bridgehead atoms. The Morgan fingerprint density at radius 2 is 1.93 bits per heavy atom. The fraction of sp³-hybridized carbons (Fsp3) is 0.273. The van der Waals surface area contributed by atoms with E-state index in [9.17, 15) is 9.59 Å². The SMILES string of the molecule is COc1ccc(CC(=O)NC2(C(N)=O)CCc3[nH]c4ccccc4c3C2)cc1. The first-order valence-corrected chi connectivity index (χ1v) is 9.33. The van der Waals surface area contributed by atoms with Gasteiger partial charge in [-0.3, -0.25) is 9.59 Å². The molecule has 3 aromatic rings. The summed E-state index contributed by atoms with van der Waals surface area (Å²) in [5, 5.41) is 4.02. The maximum atomic E-state index is 12.7. The van der Waals surface area contributed by atoms with Gasteiger partial charge in [-0.2, -0.15) is 0 Å². The van der Waals surface area contributed by atoms with Crippen molar-refractivity contribution in [3.63, 3.8) is 0 Å². The highest BCUT2D eigenvalue weighted by Gasteiger charge is 2.42. The zero-order valence-corrected chi connectivity index (χ0v) is 15.7. The fourth-order valence-corrected chi connectivity index (χ4v) is 4.02. The number of aromatic nitrogens is 1. The molecule has 0 radical (unpaired) electrons. The highest BCUT2D eigenvalue weighted by Crippen LogP contribution is 2.34. The number of fused-ring (bicyclic) bond motifs is 3. The van der Waals surface area contributed by atoms with Crippen molar-refractivity contribution in [2.45, 2.75) is 31.2 Å². The first kappa shape index (κ1) is 18.1. The van der Waals surface area contributed by atoms with Crippen molar-refractivity contribution in [3.05, 3.63) is 65.4 Å². The number of H-pyrrole nitrogens is 1. The third-order valence-electron chi connectivity index (χ3n) is 5.56. The Labute approximate surface area is 163 Å². The molecule has 4 N–H and O–H groups in total. The topological polar surface area (TPSA) is 97.2 Å². The second-order valence-corrected chi connectivity index (χ2v) is 7.32. The molecule has 144 valence electrons. The molecule has 28 heavy (non-hydrogen) atoms. The van der Waals surface area contributed by atoms with Crippen LogP contribution in [0.15, 0.2) is 48.5 Å². The molecule has 1 aliphatic rings. The number of aryl methyl sites for hydroxylation is 1. The third-order valence-corrected chi connectivity index (χ3v) is 5.56. The molecule has 2 aromatic carbocycles. The van der Waals surface area contributed by atoms with Gasteiger partial charge in [0.05, 0.1) is 13.5 Å². The predicted molar refractivity (Wildman–Crippen MR) is 107 cm³/mol. The summed E-state index contributed by atoms with van der Waals surface area (Å²) in [6.45, 7) is 0. The van der Waals surface area contributed by atoms with Crippen LogP contribution >= 0.6 is 0 Å². The van der Waals surface area contributed by atoms with Crippen LogP contribution in [0.2, 0.25) is 0 Å². The van der Waals surface area contributed by atoms with Gasteiger partial charge < -0.3 is 20.8 Å². The van der Waals surface area contributed by atoms with Gasteiger partial charge in [-0.25, -0.2) is 0 Å². The van der Waals surface area contributed by atoms with Crippen molar-refractivity contribution in [3.8, 4) is 5.75 Å². The normalized spacial score (nSPS) is 18.5. The molecule has 0 saturated heterocycles. The first-order valence-electron chi connectivity index (χ1n) is 9.33. The van der Waals surface area contributed by atoms with Crippen molar-refractivity contribution in [1.82, 2.24) is 10.3 Å². The summed E-state index contributed by atoms with van der Waals surface area (Å²) < 4.78 is 5.14. The van der Waals surface area contributed by atoms with E-state index >= 15 is 0 Å². The Hall–Kier alpha value is -3.28. The van der Waals surface area contributed by atoms with E-state index in [0.29, 0.717) is 19.3 Å². The van der Waals surface area contributed by atoms with E-state index in [1.54, 1.807) is 7.11 Å². The monoisotopic (exact) mass is 377 g/mol. The van der Waals surface area contributed by atoms with Crippen LogP contribution in [0.25, 0.3) is 10.9 Å². The Bertz CT molecular complexity index is 1040. The van der Waals surface area contributed by atoms with Crippen LogP contribution in [-0.4, -0.2) is 29.4 Å². The van der Waals surface area contributed by atoms with Crippen molar-refractivity contribution in [2.75, 3.05) is 7.11 Å². The average molecular weight is 377 g/mol. The molecule has 6 nitrogen and oxygen atoms in total. The van der Waals surface area contributed by atoms with Gasteiger partial charge in [0.15, 0.2) is 0 Å². The summed E-state index contributed by atoms with van der Waals surface area (Å²) >= 11 is 0. The summed E-state index contributed by atoms with van der Waals surface area (Å²) in [6, 6.07) is 15.3. The number of primary amides is 1. The highest BCUT2D eigenvalue weighted by molar-refractivity contribution is 5.93. The largest absolute Gasteiger partial charge is 0.497 e. The number of methoxy groups -OCH3 is 1. The number of para-hydroxylation sites is 1. The summed E-state index contributed by atoms with van der Waals surface area (Å²) in [6.07, 6.45) is 1.72. The molecule has 1 unspecified atom stereocenters. The van der Waals surface area contributed by atoms with E-state index in [1.165, 1.54) is 0 Å². The molecule has 0 aliphatic heterocycles. The fourth-order valence-electron chi connectivity index (χ4n) is 4.02. The number of hydrogen-bond donors (Lipinski definition) is 3. The minimum Gasteiger partial charge on any atom is -0.497 e. The number of amides is 2. The highest BCUT2D eigenvalue weighted by atomic mass is 16.5. The Kier molecular flexibility index (Phi) is 4.55. The molecule has 0 fully saturated rings. The molecule has 1 heterocycles. The Morgan fingerprint density at radius 1 is 1.18 bits per heavy atom. The van der Waals surface area contributed by atoms with E-state index in [-0.39, 0.29) is 12.3 Å². The van der Waals surface area contributed by atoms with Crippen LogP contribution in [0.1, 0.15) is 23.2 Å². The summed E-state index contributed by atoms with van der Waals surface area (Å²) in [5.74, 6) is 0.0238. The average Bonchev–Trinajstić information content (AvgIpc) is 3.06. The van der Waals surface area contributed by atoms with Crippen molar-refractivity contribution >= 4 is 22.7 Å². The molecular formula is C22H23N3O3. The lowest BCUT2D eigenvalue weighted by Gasteiger charge is -2.35. The van der Waals surface area contributed by atoms with Crippen molar-refractivity contribution < 1.29 is 14.3 Å². The number of hydrogen-bond acceptors (Lipinski definition) is 3. The van der Waals surface area contributed by atoms with Gasteiger partial charge in [-0.05, 0) is 42.2 Å². The van der Waals surface area contributed by atoms with E-state index < -0.39 is 11.4 Å². The maximum Gasteiger partial charge on any atom is 0.243 e. The molecule has 0 spiro atoms. The lowest BCUT2D eigenvalue weighted by Crippen LogP contribution is -2.60. The summed E-state index contributed by atoms with van der Waals surface area (Å²) in [5.41, 5.74) is 8.77. The minimum absolute atomic E-state index is 0.180. The third kappa shape index (κ3) is 3.22. The van der Waals surface area contributed by atoms with Crippen LogP contribution in [0.4, 0.5) is 0 Å². The molecule has 1 aromatic heterocycles. The molecule has 6 heteroatoms. The smallest absolute Gasteiger partial charge is 0.243 e. The van der Waals surface area contributed by atoms with Crippen LogP contribution in [0, 0.1) is 0 Å². The number of nitrogens with two attached hydrogens (primary N) is 1. The van der Waals surface area contributed by atoms with Gasteiger partial charge in [0.2, 0.25) is 11.8 Å². The number of ether oxygens (including phenoxy) is 1. The number of nitrogens with one attached hydrogen (secondary N) is 2. The van der Waals surface area contributed by atoms with Crippen molar-refractivity contribution in [1.29, 1.82) is 0 Å². The van der Waals surface area contributed by atoms with Gasteiger partial charge in [0.25, 0.3) is 0 Å². The van der Waals surface area contributed by atoms with Crippen LogP contribution in [-0.2, 0) is 28.9 Å². The second-order valence-electron chi connectivity index (χ2n) is 7.32. The predicted octanol–water partition coefficient (Wildman–Crippen LogP) is 2.25. The number of rotatable bonds is 5. The molecular weight excluding hydrogens is 354 g/mol. The van der Waals surface area contributed by atoms with Crippen LogP contribution in [0.3, 0.4) is 0 Å². The number of carbonyl (C=O) groups excluding carboxylic acids is 2. The number of benzene rings is 2. The zero-order chi connectivity index (χ0) is 19.7. The number of aromatic amines is 1. The maximum absolute atomic E-state index is 12.7. The summed E-state index contributed by atoms with van der Waals surface area (Å²) in [4.78, 5) is 28.5. The second kappa shape index (κ2) is 7.03. The van der Waals surface area contributed by atoms with E-state index in [1.807, 2.05) is 48.5 Å². The lowest BCUT2D eigenvalue weighted by atomic mass is 9.79. The molecule has 2 amide bonds. The van der Waals surface area contributed by atoms with Gasteiger partial charge >= 0.3 is 0 Å². The van der Waals surface area contributed by atoms with Crippen LogP contribution < -0.4 is 15.8 Å². The van der Waals surface area contributed by atoms with E-state index in [4.69, 9.17) is 10.5 Å². The van der Waals surface area contributed by atoms with Gasteiger partial charge in [0.1, 0.15) is 11.3 Å². The zero-order valence-electron chi connectivity index (χ0n) is 15.7. The summed E-state index contributed by atoms with van der Waals surface area (Å²) in [7, 11) is 1.60. The Balaban J connectivity index is 1.56.